The summed E-state index contributed by atoms with van der Waals surface area (Å²) < 4.78 is 34.0. The molecule has 1 aromatic carbocycles. The Bertz CT molecular complexity index is 597. The van der Waals surface area contributed by atoms with E-state index in [4.69, 9.17) is 14.6 Å². The second kappa shape index (κ2) is 6.55. The van der Waals surface area contributed by atoms with Crippen LogP contribution in [0, 0.1) is 0 Å². The van der Waals surface area contributed by atoms with E-state index in [1.165, 1.54) is 26.4 Å². The summed E-state index contributed by atoms with van der Waals surface area (Å²) in [5.41, 5.74) is 0.256. The molecule has 0 fully saturated rings. The van der Waals surface area contributed by atoms with Crippen LogP contribution in [0.4, 0.5) is 0 Å². The van der Waals surface area contributed by atoms with Gasteiger partial charge in [0.15, 0.2) is 11.5 Å². The SMILES string of the molecule is CONS(=O)(=O)c1cc(CC(=O)O)cc(OC)c1OC. The van der Waals surface area contributed by atoms with Crippen molar-refractivity contribution in [1.82, 2.24) is 4.89 Å². The third-order valence-electron chi connectivity index (χ3n) is 2.34. The summed E-state index contributed by atoms with van der Waals surface area (Å²) in [6.07, 6.45) is -0.351. The van der Waals surface area contributed by atoms with Crippen molar-refractivity contribution >= 4 is 16.0 Å². The Kier molecular flexibility index (Phi) is 5.31. The molecule has 112 valence electrons. The second-order valence-corrected chi connectivity index (χ2v) is 5.30. The molecule has 1 rings (SSSR count). The summed E-state index contributed by atoms with van der Waals surface area (Å²) in [5.74, 6) is -1.02. The number of carboxylic acid groups (broad SMARTS) is 1. The minimum absolute atomic E-state index is 0.0359. The number of hydrogen-bond donors (Lipinski definition) is 2. The van der Waals surface area contributed by atoms with Crippen LogP contribution < -0.4 is 14.4 Å². The van der Waals surface area contributed by atoms with Gasteiger partial charge in [0.1, 0.15) is 4.90 Å². The van der Waals surface area contributed by atoms with Gasteiger partial charge in [-0.3, -0.25) is 9.63 Å². The number of carboxylic acids is 1. The molecule has 0 aliphatic carbocycles. The third-order valence-corrected chi connectivity index (χ3v) is 3.61. The molecule has 9 heteroatoms. The summed E-state index contributed by atoms with van der Waals surface area (Å²) in [6.45, 7) is 0. The molecule has 0 radical (unpaired) electrons. The molecule has 0 aliphatic heterocycles. The van der Waals surface area contributed by atoms with Gasteiger partial charge >= 0.3 is 5.97 Å². The first-order valence-corrected chi connectivity index (χ1v) is 6.85. The number of carbonyl (C=O) groups is 1. The zero-order valence-electron chi connectivity index (χ0n) is 11.2. The Morgan fingerprint density at radius 1 is 1.25 bits per heavy atom. The second-order valence-electron chi connectivity index (χ2n) is 3.69. The highest BCUT2D eigenvalue weighted by atomic mass is 32.2. The quantitative estimate of drug-likeness (QED) is 0.691. The number of hydrogen-bond acceptors (Lipinski definition) is 6. The predicted molar refractivity (Wildman–Crippen MR) is 68.2 cm³/mol. The first-order chi connectivity index (χ1) is 9.35. The Hall–Kier alpha value is -1.84. The van der Waals surface area contributed by atoms with Crippen molar-refractivity contribution in [2.75, 3.05) is 21.3 Å². The maximum atomic E-state index is 12.0. The Morgan fingerprint density at radius 2 is 1.90 bits per heavy atom. The molecule has 0 bridgehead atoms. The van der Waals surface area contributed by atoms with Crippen molar-refractivity contribution in [3.05, 3.63) is 17.7 Å². The molecule has 0 saturated heterocycles. The highest BCUT2D eigenvalue weighted by molar-refractivity contribution is 7.89. The topological polar surface area (TPSA) is 111 Å². The molecule has 0 spiro atoms. The summed E-state index contributed by atoms with van der Waals surface area (Å²) in [7, 11) is -0.273. The van der Waals surface area contributed by atoms with E-state index < -0.39 is 16.0 Å². The number of benzene rings is 1. The van der Waals surface area contributed by atoms with Crippen LogP contribution in [-0.2, 0) is 26.1 Å². The first kappa shape index (κ1) is 16.2. The maximum Gasteiger partial charge on any atom is 0.307 e. The van der Waals surface area contributed by atoms with Crippen LogP contribution >= 0.6 is 0 Å². The summed E-state index contributed by atoms with van der Waals surface area (Å²) in [5, 5.41) is 8.79. The van der Waals surface area contributed by atoms with Crippen LogP contribution in [0.15, 0.2) is 17.0 Å². The van der Waals surface area contributed by atoms with Crippen molar-refractivity contribution in [2.24, 2.45) is 0 Å². The lowest BCUT2D eigenvalue weighted by molar-refractivity contribution is -0.136. The fourth-order valence-corrected chi connectivity index (χ4v) is 2.66. The monoisotopic (exact) mass is 305 g/mol. The van der Waals surface area contributed by atoms with Gasteiger partial charge < -0.3 is 14.6 Å². The Morgan fingerprint density at radius 3 is 2.35 bits per heavy atom. The maximum absolute atomic E-state index is 12.0. The van der Waals surface area contributed by atoms with E-state index in [-0.39, 0.29) is 28.4 Å². The van der Waals surface area contributed by atoms with E-state index in [0.29, 0.717) is 0 Å². The fraction of sp³-hybridized carbons (Fsp3) is 0.364. The van der Waals surface area contributed by atoms with Crippen LogP contribution in [-0.4, -0.2) is 40.8 Å². The number of ether oxygens (including phenoxy) is 2. The number of aliphatic carboxylic acids is 1. The third kappa shape index (κ3) is 3.59. The molecule has 1 aromatic rings. The van der Waals surface area contributed by atoms with Crippen LogP contribution in [0.3, 0.4) is 0 Å². The summed E-state index contributed by atoms with van der Waals surface area (Å²) >= 11 is 0. The van der Waals surface area contributed by atoms with E-state index in [1.54, 1.807) is 0 Å². The molecular formula is C11H15NO7S. The van der Waals surface area contributed by atoms with Crippen LogP contribution in [0.5, 0.6) is 11.5 Å². The van der Waals surface area contributed by atoms with Gasteiger partial charge in [-0.15, -0.1) is 0 Å². The molecule has 0 unspecified atom stereocenters. The standard InChI is InChI=1S/C11H15NO7S/c1-17-8-4-7(6-10(13)14)5-9(11(8)18-2)20(15,16)12-19-3/h4-5,12H,6H2,1-3H3,(H,13,14). The van der Waals surface area contributed by atoms with Crippen LogP contribution in [0.25, 0.3) is 0 Å². The normalized spacial score (nSPS) is 11.2. The van der Waals surface area contributed by atoms with Gasteiger partial charge in [0.25, 0.3) is 10.0 Å². The number of rotatable bonds is 7. The predicted octanol–water partition coefficient (Wildman–Crippen LogP) is 0.171. The fourth-order valence-electron chi connectivity index (χ4n) is 1.61. The minimum atomic E-state index is -4.01. The minimum Gasteiger partial charge on any atom is -0.493 e. The molecule has 0 amide bonds. The average molecular weight is 305 g/mol. The van der Waals surface area contributed by atoms with Gasteiger partial charge in [0.05, 0.1) is 27.8 Å². The lowest BCUT2D eigenvalue weighted by Gasteiger charge is -2.14. The zero-order valence-corrected chi connectivity index (χ0v) is 12.0. The van der Waals surface area contributed by atoms with Gasteiger partial charge in [0, 0.05) is 0 Å². The molecule has 0 aliphatic rings. The molecule has 0 heterocycles. The van der Waals surface area contributed by atoms with Gasteiger partial charge in [0.2, 0.25) is 0 Å². The first-order valence-electron chi connectivity index (χ1n) is 5.37. The van der Waals surface area contributed by atoms with Gasteiger partial charge in [-0.25, -0.2) is 8.42 Å². The smallest absolute Gasteiger partial charge is 0.307 e. The van der Waals surface area contributed by atoms with E-state index in [1.807, 2.05) is 4.89 Å². The molecule has 8 nitrogen and oxygen atoms in total. The highest BCUT2D eigenvalue weighted by Gasteiger charge is 2.24. The van der Waals surface area contributed by atoms with Crippen LogP contribution in [0.1, 0.15) is 5.56 Å². The molecule has 2 N–H and O–H groups in total. The summed E-state index contributed by atoms with van der Waals surface area (Å²) in [6, 6.07) is 2.59. The number of methoxy groups -OCH3 is 2. The van der Waals surface area contributed by atoms with Crippen molar-refractivity contribution in [1.29, 1.82) is 0 Å². The molecule has 0 atom stereocenters. The zero-order chi connectivity index (χ0) is 15.3. The van der Waals surface area contributed by atoms with Crippen molar-refractivity contribution < 1.29 is 32.6 Å². The Labute approximate surface area is 116 Å². The van der Waals surface area contributed by atoms with Gasteiger partial charge in [-0.05, 0) is 17.7 Å². The number of sulfonamides is 1. The van der Waals surface area contributed by atoms with E-state index in [0.717, 1.165) is 7.11 Å². The van der Waals surface area contributed by atoms with Crippen molar-refractivity contribution in [2.45, 2.75) is 11.3 Å². The largest absolute Gasteiger partial charge is 0.493 e. The summed E-state index contributed by atoms with van der Waals surface area (Å²) in [4.78, 5) is 16.7. The molecule has 0 saturated carbocycles. The molecular weight excluding hydrogens is 290 g/mol. The van der Waals surface area contributed by atoms with E-state index >= 15 is 0 Å². The van der Waals surface area contributed by atoms with Gasteiger partial charge in [-0.2, -0.15) is 0 Å². The van der Waals surface area contributed by atoms with E-state index in [9.17, 15) is 13.2 Å². The van der Waals surface area contributed by atoms with Gasteiger partial charge in [-0.1, -0.05) is 4.89 Å². The van der Waals surface area contributed by atoms with Crippen LogP contribution in [0.2, 0.25) is 0 Å². The molecule has 20 heavy (non-hydrogen) atoms. The van der Waals surface area contributed by atoms with E-state index in [2.05, 4.69) is 4.84 Å². The lowest BCUT2D eigenvalue weighted by Crippen LogP contribution is -2.23. The van der Waals surface area contributed by atoms with Crippen molar-refractivity contribution in [3.8, 4) is 11.5 Å². The lowest BCUT2D eigenvalue weighted by atomic mass is 10.1. The highest BCUT2D eigenvalue weighted by Crippen LogP contribution is 2.35. The van der Waals surface area contributed by atoms with Crippen molar-refractivity contribution in [3.63, 3.8) is 0 Å². The number of nitrogens with one attached hydrogen (secondary N) is 1. The Balaban J connectivity index is 3.49. The average Bonchev–Trinajstić information content (AvgIpc) is 2.36. The molecule has 0 aromatic heterocycles.